The van der Waals surface area contributed by atoms with Crippen molar-refractivity contribution >= 4 is 11.7 Å². The van der Waals surface area contributed by atoms with Gasteiger partial charge in [0.25, 0.3) is 5.91 Å². The zero-order valence-corrected chi connectivity index (χ0v) is 17.1. The number of amidine groups is 1. The number of rotatable bonds is 6. The molecular weight excluding hydrogens is 352 g/mol. The van der Waals surface area contributed by atoms with Crippen LogP contribution in [0.25, 0.3) is 0 Å². The number of amides is 1. The maximum Gasteiger partial charge on any atom is 0.266 e. The van der Waals surface area contributed by atoms with Crippen LogP contribution in [0.15, 0.2) is 29.4 Å². The van der Waals surface area contributed by atoms with Crippen molar-refractivity contribution in [3.05, 3.63) is 35.4 Å². The highest BCUT2D eigenvalue weighted by Crippen LogP contribution is 2.17. The Morgan fingerprint density at radius 3 is 2.36 bits per heavy atom. The second-order valence-electron chi connectivity index (χ2n) is 7.96. The molecule has 2 N–H and O–H groups in total. The van der Waals surface area contributed by atoms with Crippen LogP contribution in [-0.4, -0.2) is 53.8 Å². The van der Waals surface area contributed by atoms with Crippen LogP contribution in [0.4, 0.5) is 0 Å². The summed E-state index contributed by atoms with van der Waals surface area (Å²) in [6, 6.07) is 8.06. The highest BCUT2D eigenvalue weighted by atomic mass is 16.6. The van der Waals surface area contributed by atoms with E-state index in [0.29, 0.717) is 5.84 Å². The second-order valence-corrected chi connectivity index (χ2v) is 7.96. The van der Waals surface area contributed by atoms with Crippen molar-refractivity contribution in [2.45, 2.75) is 64.5 Å². The molecule has 0 aromatic heterocycles. The van der Waals surface area contributed by atoms with Crippen molar-refractivity contribution < 1.29 is 9.63 Å². The van der Waals surface area contributed by atoms with Crippen molar-refractivity contribution in [2.75, 3.05) is 26.2 Å². The zero-order valence-electron chi connectivity index (χ0n) is 17.1. The molecule has 1 unspecified atom stereocenters. The fourth-order valence-corrected chi connectivity index (χ4v) is 4.04. The summed E-state index contributed by atoms with van der Waals surface area (Å²) in [5, 5.41) is 4.12. The van der Waals surface area contributed by atoms with Gasteiger partial charge in [0.1, 0.15) is 0 Å². The molecule has 2 aliphatic heterocycles. The molecule has 1 aromatic rings. The minimum atomic E-state index is -0.620. The third-order valence-corrected chi connectivity index (χ3v) is 5.71. The molecule has 0 aliphatic carbocycles. The van der Waals surface area contributed by atoms with E-state index in [-0.39, 0.29) is 5.91 Å². The normalized spacial score (nSPS) is 20.5. The van der Waals surface area contributed by atoms with E-state index in [2.05, 4.69) is 16.1 Å². The molecule has 28 heavy (non-hydrogen) atoms. The summed E-state index contributed by atoms with van der Waals surface area (Å²) >= 11 is 0. The smallest absolute Gasteiger partial charge is 0.266 e. The molecule has 1 atom stereocenters. The van der Waals surface area contributed by atoms with Crippen LogP contribution >= 0.6 is 0 Å². The molecule has 0 saturated carbocycles. The van der Waals surface area contributed by atoms with Gasteiger partial charge in [0.2, 0.25) is 6.10 Å². The van der Waals surface area contributed by atoms with E-state index in [1.165, 1.54) is 32.1 Å². The zero-order chi connectivity index (χ0) is 19.8. The van der Waals surface area contributed by atoms with Crippen LogP contribution in [0.5, 0.6) is 0 Å². The Morgan fingerprint density at radius 2 is 1.64 bits per heavy atom. The first-order chi connectivity index (χ1) is 13.6. The molecule has 2 fully saturated rings. The van der Waals surface area contributed by atoms with Crippen LogP contribution in [0.3, 0.4) is 0 Å². The Morgan fingerprint density at radius 1 is 1.04 bits per heavy atom. The lowest BCUT2D eigenvalue weighted by Gasteiger charge is -2.27. The standard InChI is InChI=1S/C22H34N4O2/c1-18(22(27)26-15-9-2-3-10-16-26)28-24-21(23)20-12-6-5-11-19(20)17-25-13-7-4-8-14-25/h5-6,11-12,18H,2-4,7-10,13-17H2,1H3,(H2,23,24). The molecular formula is C22H34N4O2. The number of nitrogens with two attached hydrogens (primary N) is 1. The van der Waals surface area contributed by atoms with E-state index in [1.807, 2.05) is 23.1 Å². The predicted octanol–water partition coefficient (Wildman–Crippen LogP) is 3.10. The molecule has 1 amide bonds. The second kappa shape index (κ2) is 10.5. The first kappa shape index (κ1) is 20.6. The van der Waals surface area contributed by atoms with E-state index in [1.54, 1.807) is 6.92 Å². The Balaban J connectivity index is 1.61. The third kappa shape index (κ3) is 5.71. The van der Waals surface area contributed by atoms with Crippen LogP contribution in [0, 0.1) is 0 Å². The van der Waals surface area contributed by atoms with Gasteiger partial charge in [-0.05, 0) is 51.3 Å². The molecule has 3 rings (SSSR count). The summed E-state index contributed by atoms with van der Waals surface area (Å²) in [6.45, 7) is 6.50. The van der Waals surface area contributed by atoms with Gasteiger partial charge in [-0.25, -0.2) is 0 Å². The first-order valence-electron chi connectivity index (χ1n) is 10.7. The molecule has 6 heteroatoms. The number of carbonyl (C=O) groups is 1. The van der Waals surface area contributed by atoms with Crippen LogP contribution < -0.4 is 5.73 Å². The lowest BCUT2D eigenvalue weighted by Crippen LogP contribution is -2.39. The highest BCUT2D eigenvalue weighted by Gasteiger charge is 2.23. The van der Waals surface area contributed by atoms with Gasteiger partial charge in [-0.2, -0.15) is 0 Å². The summed E-state index contributed by atoms with van der Waals surface area (Å²) in [5.74, 6) is 0.336. The maximum atomic E-state index is 12.6. The number of oxime groups is 1. The van der Waals surface area contributed by atoms with Gasteiger partial charge in [0.15, 0.2) is 5.84 Å². The summed E-state index contributed by atoms with van der Waals surface area (Å²) in [6.07, 6.45) is 7.72. The predicted molar refractivity (Wildman–Crippen MR) is 112 cm³/mol. The van der Waals surface area contributed by atoms with E-state index in [4.69, 9.17) is 10.6 Å². The minimum Gasteiger partial charge on any atom is -0.381 e. The summed E-state index contributed by atoms with van der Waals surface area (Å²) in [4.78, 5) is 22.5. The van der Waals surface area contributed by atoms with Crippen molar-refractivity contribution in [1.82, 2.24) is 9.80 Å². The average molecular weight is 387 g/mol. The lowest BCUT2D eigenvalue weighted by atomic mass is 10.0. The highest BCUT2D eigenvalue weighted by molar-refractivity contribution is 5.98. The number of carbonyl (C=O) groups excluding carboxylic acids is 1. The Kier molecular flexibility index (Phi) is 7.71. The van der Waals surface area contributed by atoms with Gasteiger partial charge >= 0.3 is 0 Å². The molecule has 6 nitrogen and oxygen atoms in total. The first-order valence-corrected chi connectivity index (χ1v) is 10.7. The Hall–Kier alpha value is -2.08. The van der Waals surface area contributed by atoms with Crippen LogP contribution in [0.1, 0.15) is 63.0 Å². The molecule has 2 aliphatic rings. The van der Waals surface area contributed by atoms with E-state index in [0.717, 1.165) is 56.7 Å². The molecule has 0 bridgehead atoms. The number of hydrogen-bond acceptors (Lipinski definition) is 4. The summed E-state index contributed by atoms with van der Waals surface area (Å²) in [7, 11) is 0. The molecule has 2 heterocycles. The Labute approximate surface area is 168 Å². The lowest BCUT2D eigenvalue weighted by molar-refractivity contribution is -0.142. The van der Waals surface area contributed by atoms with Crippen LogP contribution in [-0.2, 0) is 16.2 Å². The van der Waals surface area contributed by atoms with E-state index >= 15 is 0 Å². The summed E-state index contributed by atoms with van der Waals surface area (Å²) in [5.41, 5.74) is 8.28. The fourth-order valence-electron chi connectivity index (χ4n) is 4.04. The van der Waals surface area contributed by atoms with E-state index < -0.39 is 6.10 Å². The van der Waals surface area contributed by atoms with Crippen molar-refractivity contribution in [3.8, 4) is 0 Å². The maximum absolute atomic E-state index is 12.6. The average Bonchev–Trinajstić information content (AvgIpc) is 3.02. The van der Waals surface area contributed by atoms with Gasteiger partial charge in [0.05, 0.1) is 0 Å². The van der Waals surface area contributed by atoms with Gasteiger partial charge < -0.3 is 15.5 Å². The van der Waals surface area contributed by atoms with Crippen molar-refractivity contribution in [3.63, 3.8) is 0 Å². The van der Waals surface area contributed by atoms with Crippen molar-refractivity contribution in [1.29, 1.82) is 0 Å². The molecule has 0 radical (unpaired) electrons. The van der Waals surface area contributed by atoms with Gasteiger partial charge in [0, 0.05) is 25.2 Å². The molecule has 154 valence electrons. The number of likely N-dealkylation sites (tertiary alicyclic amines) is 2. The number of benzene rings is 1. The van der Waals surface area contributed by atoms with Gasteiger partial charge in [-0.3, -0.25) is 9.69 Å². The van der Waals surface area contributed by atoms with Gasteiger partial charge in [-0.15, -0.1) is 0 Å². The quantitative estimate of drug-likeness (QED) is 0.463. The SMILES string of the molecule is CC(O/N=C(/N)c1ccccc1CN1CCCCC1)C(=O)N1CCCCCC1. The Bertz CT molecular complexity index is 662. The third-order valence-electron chi connectivity index (χ3n) is 5.71. The monoisotopic (exact) mass is 386 g/mol. The largest absolute Gasteiger partial charge is 0.381 e. The van der Waals surface area contributed by atoms with Crippen LogP contribution in [0.2, 0.25) is 0 Å². The van der Waals surface area contributed by atoms with Crippen molar-refractivity contribution in [2.24, 2.45) is 10.9 Å². The number of nitrogens with zero attached hydrogens (tertiary/aromatic N) is 3. The minimum absolute atomic E-state index is 0.0000480. The number of piperidine rings is 1. The molecule has 2 saturated heterocycles. The topological polar surface area (TPSA) is 71.2 Å². The number of hydrogen-bond donors (Lipinski definition) is 1. The van der Waals surface area contributed by atoms with Gasteiger partial charge in [-0.1, -0.05) is 48.7 Å². The fraction of sp³-hybridized carbons (Fsp3) is 0.636. The molecule has 0 spiro atoms. The summed E-state index contributed by atoms with van der Waals surface area (Å²) < 4.78 is 0. The van der Waals surface area contributed by atoms with E-state index in [9.17, 15) is 4.79 Å². The molecule has 1 aromatic carbocycles.